The zero-order valence-electron chi connectivity index (χ0n) is 69.8. The van der Waals surface area contributed by atoms with Gasteiger partial charge in [0, 0.05) is 22.1 Å². The minimum absolute atomic E-state index is 0.149. The van der Waals surface area contributed by atoms with E-state index < -0.39 is 17.0 Å². The van der Waals surface area contributed by atoms with Gasteiger partial charge in [-0.1, -0.05) is 410 Å². The Morgan fingerprint density at radius 2 is 0.798 bits per heavy atom. The van der Waals surface area contributed by atoms with Crippen molar-refractivity contribution in [3.8, 4) is 77.9 Å². The third-order valence-corrected chi connectivity index (χ3v) is 27.9. The van der Waals surface area contributed by atoms with E-state index in [9.17, 15) is 0 Å². The van der Waals surface area contributed by atoms with Gasteiger partial charge in [-0.15, -0.1) is 0 Å². The molecule has 590 valence electrons. The van der Waals surface area contributed by atoms with E-state index in [0.29, 0.717) is 6.42 Å². The molecule has 0 saturated heterocycles. The van der Waals surface area contributed by atoms with Crippen molar-refractivity contribution < 1.29 is 0 Å². The molecular formula is C120H90N4. The molecule has 18 aromatic rings. The highest BCUT2D eigenvalue weighted by Crippen LogP contribution is 2.62. The number of rotatable bonds is 16. The molecule has 4 aliphatic carbocycles. The summed E-state index contributed by atoms with van der Waals surface area (Å²) < 4.78 is 0. The Balaban J connectivity index is 0.635. The fourth-order valence-corrected chi connectivity index (χ4v) is 21.9. The van der Waals surface area contributed by atoms with Crippen LogP contribution in [-0.4, -0.2) is 5.84 Å². The number of hydrogen-bond acceptors (Lipinski definition) is 4. The molecule has 5 aliphatic rings. The first-order valence-corrected chi connectivity index (χ1v) is 43.6. The number of nitrogens with zero attached hydrogens (tertiary/aromatic N) is 1. The third kappa shape index (κ3) is 11.7. The summed E-state index contributed by atoms with van der Waals surface area (Å²) in [6.45, 7) is 9.60. The number of hydrogen-bond donors (Lipinski definition) is 3. The summed E-state index contributed by atoms with van der Waals surface area (Å²) in [5.74, 6) is 0.831. The van der Waals surface area contributed by atoms with Crippen LogP contribution < -0.4 is 16.4 Å². The van der Waals surface area contributed by atoms with Gasteiger partial charge < -0.3 is 16.4 Å². The van der Waals surface area contributed by atoms with Crippen molar-refractivity contribution in [2.75, 3.05) is 0 Å². The lowest BCUT2D eigenvalue weighted by molar-refractivity contribution is 0.661. The number of amidine groups is 1. The molecule has 4 heteroatoms. The van der Waals surface area contributed by atoms with Gasteiger partial charge in [-0.05, 0) is 243 Å². The van der Waals surface area contributed by atoms with Gasteiger partial charge >= 0.3 is 0 Å². The van der Waals surface area contributed by atoms with E-state index in [4.69, 9.17) is 10.7 Å². The Hall–Kier alpha value is -14.8. The van der Waals surface area contributed by atoms with Gasteiger partial charge in [0.2, 0.25) is 0 Å². The van der Waals surface area contributed by atoms with Crippen molar-refractivity contribution in [1.29, 1.82) is 0 Å². The van der Waals surface area contributed by atoms with Crippen molar-refractivity contribution in [2.45, 2.75) is 68.0 Å². The van der Waals surface area contributed by atoms with Crippen LogP contribution in [-0.2, 0) is 28.1 Å². The van der Waals surface area contributed by atoms with E-state index in [1.54, 1.807) is 0 Å². The monoisotopic (exact) mass is 1590 g/mol. The molecule has 3 atom stereocenters. The lowest BCUT2D eigenvalue weighted by atomic mass is 9.66. The minimum Gasteiger partial charge on any atom is -0.366 e. The Labute approximate surface area is 725 Å². The Morgan fingerprint density at radius 1 is 0.339 bits per heavy atom. The maximum absolute atomic E-state index is 7.25. The largest absolute Gasteiger partial charge is 0.366 e. The van der Waals surface area contributed by atoms with Crippen molar-refractivity contribution >= 4 is 38.8 Å². The predicted molar refractivity (Wildman–Crippen MR) is 515 cm³/mol. The Morgan fingerprint density at radius 3 is 1.43 bits per heavy atom. The number of nitrogens with one attached hydrogen (secondary N) is 2. The van der Waals surface area contributed by atoms with Gasteiger partial charge in [0.05, 0.1) is 22.6 Å². The van der Waals surface area contributed by atoms with Gasteiger partial charge in [0.1, 0.15) is 12.0 Å². The molecule has 0 bridgehead atoms. The van der Waals surface area contributed by atoms with Crippen LogP contribution in [0.1, 0.15) is 140 Å². The molecule has 0 fully saturated rings. The SMILES string of the molecule is CC1(C)c2cc3ccccc3cc2-c2c(-c3ccc(C4=CC(c5cccc6c5C(c5ccccc5)(c5ccc(-c7cc(-c8ccc(/C(=C/Cc9ccc%10c(c9)C(c9ccccc9)(c9ccccc9)c9ccccc9-%10)NC(N)c9ccccc9)cc8)c8c(c7)C(C)(C)c7cc9ccccc9cc7-8)cc5)c5ccccc5-6)NC(c5ccccc5)=N4)cc3)cccc21. The van der Waals surface area contributed by atoms with E-state index in [1.807, 2.05) is 6.07 Å². The first kappa shape index (κ1) is 74.3. The van der Waals surface area contributed by atoms with Gasteiger partial charge in [-0.2, -0.15) is 0 Å². The summed E-state index contributed by atoms with van der Waals surface area (Å²) in [5.41, 5.74) is 46.6. The quantitative estimate of drug-likeness (QED) is 0.0845. The minimum atomic E-state index is -0.745. The molecule has 3 unspecified atom stereocenters. The summed E-state index contributed by atoms with van der Waals surface area (Å²) in [4.78, 5) is 5.57. The normalized spacial score (nSPS) is 16.5. The molecule has 0 spiro atoms. The second kappa shape index (κ2) is 29.2. The lowest BCUT2D eigenvalue weighted by Gasteiger charge is -2.37. The first-order chi connectivity index (χ1) is 60.9. The number of benzene rings is 18. The van der Waals surface area contributed by atoms with Crippen molar-refractivity contribution in [1.82, 2.24) is 10.6 Å². The molecular weight excluding hydrogens is 1500 g/mol. The van der Waals surface area contributed by atoms with Crippen LogP contribution in [0.2, 0.25) is 0 Å². The van der Waals surface area contributed by atoms with Crippen LogP contribution in [0.25, 0.3) is 111 Å². The van der Waals surface area contributed by atoms with E-state index in [0.717, 1.165) is 56.2 Å². The third-order valence-electron chi connectivity index (χ3n) is 27.9. The van der Waals surface area contributed by atoms with E-state index in [2.05, 4.69) is 457 Å². The number of fused-ring (bicyclic) bond motifs is 14. The van der Waals surface area contributed by atoms with E-state index in [1.165, 1.54) is 161 Å². The zero-order chi connectivity index (χ0) is 83.0. The van der Waals surface area contributed by atoms with Gasteiger partial charge in [-0.25, -0.2) is 4.99 Å². The zero-order valence-corrected chi connectivity index (χ0v) is 69.8. The molecule has 0 radical (unpaired) electrons. The first-order valence-electron chi connectivity index (χ1n) is 43.6. The average molecular weight is 1590 g/mol. The van der Waals surface area contributed by atoms with Gasteiger partial charge in [-0.3, -0.25) is 0 Å². The topological polar surface area (TPSA) is 62.4 Å². The summed E-state index contributed by atoms with van der Waals surface area (Å²) in [6, 6.07) is 154. The number of allylic oxidation sites excluding steroid dienone is 1. The molecule has 4 nitrogen and oxygen atoms in total. The summed E-state index contributed by atoms with van der Waals surface area (Å²) in [6.07, 6.45) is 4.91. The van der Waals surface area contributed by atoms with Crippen LogP contribution in [0, 0.1) is 0 Å². The molecule has 1 heterocycles. The molecule has 4 N–H and O–H groups in total. The highest BCUT2D eigenvalue weighted by atomic mass is 15.1. The van der Waals surface area contributed by atoms with Crippen molar-refractivity contribution in [3.05, 3.63) is 525 Å². The summed E-state index contributed by atoms with van der Waals surface area (Å²) in [5, 5.41) is 13.0. The van der Waals surface area contributed by atoms with Crippen LogP contribution in [0.3, 0.4) is 0 Å². The van der Waals surface area contributed by atoms with Crippen LogP contribution in [0.5, 0.6) is 0 Å². The highest BCUT2D eigenvalue weighted by molar-refractivity contribution is 6.05. The summed E-state index contributed by atoms with van der Waals surface area (Å²) >= 11 is 0. The maximum Gasteiger partial charge on any atom is 0.134 e. The van der Waals surface area contributed by atoms with E-state index in [-0.39, 0.29) is 16.9 Å². The second-order valence-electron chi connectivity index (χ2n) is 35.3. The van der Waals surface area contributed by atoms with Crippen molar-refractivity contribution in [2.24, 2.45) is 10.7 Å². The Kier molecular flexibility index (Phi) is 17.5. The fourth-order valence-electron chi connectivity index (χ4n) is 21.9. The fraction of sp³-hybridized carbons (Fsp3) is 0.0917. The predicted octanol–water partition coefficient (Wildman–Crippen LogP) is 28.3. The molecule has 124 heavy (non-hydrogen) atoms. The smallest absolute Gasteiger partial charge is 0.134 e. The highest BCUT2D eigenvalue weighted by Gasteiger charge is 2.50. The molecule has 0 amide bonds. The van der Waals surface area contributed by atoms with Gasteiger partial charge in [0.15, 0.2) is 0 Å². The van der Waals surface area contributed by atoms with Gasteiger partial charge in [0.25, 0.3) is 0 Å². The van der Waals surface area contributed by atoms with Crippen LogP contribution in [0.15, 0.2) is 430 Å². The summed E-state index contributed by atoms with van der Waals surface area (Å²) in [7, 11) is 0. The number of aliphatic imine (C=N–C) groups is 1. The van der Waals surface area contributed by atoms with Crippen molar-refractivity contribution in [3.63, 3.8) is 0 Å². The van der Waals surface area contributed by atoms with E-state index >= 15 is 0 Å². The Bertz CT molecular complexity index is 7370. The maximum atomic E-state index is 7.25. The molecule has 23 rings (SSSR count). The number of nitrogens with two attached hydrogens (primary N) is 1. The molecule has 0 aromatic heterocycles. The lowest BCUT2D eigenvalue weighted by Crippen LogP contribution is -2.35. The standard InChI is InChI=1S/C120H90N4/c1-117(2)104-51-29-46-93(112(104)100-69-84-34-20-22-36-86(84)72-105(100)117)78-54-60-81(61-55-78)110-75-111(124-116(123-110)83-32-12-6-13-33-83)98-48-28-47-97-95-45-25-27-50-103(95)120(114(97)98,91-42-18-9-19-43-91)92-64-62-77(63-65-92)88-71-99(113-101-70-85-35-21-23-37-87(85)73-106(101)118(3,4)108(113)74-88)79-56-58-80(59-57-79)109(122-115(121)82-30-10-5-11-31-82)67-53-76-52-66-96-94-44-24-26-49-102(94)119(107(96)68-76,89-38-14-7-15-39-89)90-40-16-8-17-41-90/h5-52,54-75,111,115,122H,53,121H2,1-4H3,(H,123,124)/b109-67-. The van der Waals surface area contributed by atoms with Crippen LogP contribution >= 0.6 is 0 Å². The molecule has 0 saturated carbocycles. The van der Waals surface area contributed by atoms with Crippen LogP contribution in [0.4, 0.5) is 0 Å². The molecule has 18 aromatic carbocycles. The second-order valence-corrected chi connectivity index (χ2v) is 35.3. The average Bonchev–Trinajstić information content (AvgIpc) is 1.54. The molecule has 1 aliphatic heterocycles.